The topological polar surface area (TPSA) is 38.8 Å². The highest BCUT2D eigenvalue weighted by Crippen LogP contribution is 2.31. The van der Waals surface area contributed by atoms with Crippen molar-refractivity contribution in [3.63, 3.8) is 0 Å². The van der Waals surface area contributed by atoms with Gasteiger partial charge in [-0.1, -0.05) is 30.3 Å². The summed E-state index contributed by atoms with van der Waals surface area (Å²) in [6.45, 7) is 3.62. The van der Waals surface area contributed by atoms with Gasteiger partial charge < -0.3 is 9.47 Å². The second-order valence-corrected chi connectivity index (χ2v) is 8.62. The van der Waals surface area contributed by atoms with Gasteiger partial charge in [0.1, 0.15) is 12.4 Å². The fraction of sp³-hybridized carbons (Fsp3) is 0.500. The smallest absolute Gasteiger partial charge is 0.166 e. The molecule has 1 aliphatic carbocycles. The van der Waals surface area contributed by atoms with Crippen molar-refractivity contribution < 1.29 is 14.3 Å². The molecule has 30 heavy (non-hydrogen) atoms. The molecule has 1 saturated heterocycles. The number of fused-ring (bicyclic) bond motifs is 1. The minimum absolute atomic E-state index is 0.164. The Labute approximate surface area is 180 Å². The molecular formula is C26H33NO3. The number of methoxy groups -OCH3 is 1. The van der Waals surface area contributed by atoms with E-state index in [2.05, 4.69) is 23.1 Å². The zero-order valence-corrected chi connectivity index (χ0v) is 18.0. The number of carbonyl (C=O) groups excluding carboxylic acids is 1. The van der Waals surface area contributed by atoms with E-state index in [1.54, 1.807) is 7.11 Å². The van der Waals surface area contributed by atoms with Gasteiger partial charge >= 0.3 is 0 Å². The van der Waals surface area contributed by atoms with E-state index >= 15 is 0 Å². The van der Waals surface area contributed by atoms with Crippen LogP contribution in [0.4, 0.5) is 0 Å². The van der Waals surface area contributed by atoms with Crippen LogP contribution in [0.25, 0.3) is 0 Å². The average molecular weight is 408 g/mol. The fourth-order valence-corrected chi connectivity index (χ4v) is 4.92. The molecule has 0 saturated carbocycles. The van der Waals surface area contributed by atoms with Crippen LogP contribution in [0.3, 0.4) is 0 Å². The van der Waals surface area contributed by atoms with Gasteiger partial charge in [0.05, 0.1) is 6.61 Å². The van der Waals surface area contributed by atoms with Crippen LogP contribution in [0.1, 0.15) is 53.6 Å². The summed E-state index contributed by atoms with van der Waals surface area (Å²) in [5.41, 5.74) is 3.19. The van der Waals surface area contributed by atoms with Crippen LogP contribution in [0.5, 0.6) is 5.75 Å². The van der Waals surface area contributed by atoms with Crippen molar-refractivity contribution in [2.75, 3.05) is 26.8 Å². The van der Waals surface area contributed by atoms with Gasteiger partial charge in [0.25, 0.3) is 0 Å². The molecule has 4 heteroatoms. The molecule has 2 atom stereocenters. The number of likely N-dealkylation sites (tertiary alicyclic amines) is 1. The minimum Gasteiger partial charge on any atom is -0.489 e. The molecule has 2 aromatic carbocycles. The van der Waals surface area contributed by atoms with E-state index in [1.807, 2.05) is 30.3 Å². The first kappa shape index (κ1) is 21.1. The molecular weight excluding hydrogens is 374 g/mol. The van der Waals surface area contributed by atoms with Crippen molar-refractivity contribution in [1.29, 1.82) is 0 Å². The molecule has 2 aliphatic rings. The maximum absolute atomic E-state index is 13.0. The molecule has 1 heterocycles. The van der Waals surface area contributed by atoms with Crippen molar-refractivity contribution in [3.8, 4) is 5.75 Å². The number of hydrogen-bond donors (Lipinski definition) is 0. The van der Waals surface area contributed by atoms with Crippen LogP contribution in [-0.2, 0) is 17.8 Å². The molecule has 0 N–H and O–H groups in total. The van der Waals surface area contributed by atoms with E-state index in [0.29, 0.717) is 18.4 Å². The summed E-state index contributed by atoms with van der Waals surface area (Å²) >= 11 is 0. The zero-order chi connectivity index (χ0) is 20.8. The second-order valence-electron chi connectivity index (χ2n) is 8.62. The third-order valence-corrected chi connectivity index (χ3v) is 6.58. The third-order valence-electron chi connectivity index (χ3n) is 6.58. The summed E-state index contributed by atoms with van der Waals surface area (Å²) in [4.78, 5) is 15.6. The minimum atomic E-state index is 0.164. The normalized spacial score (nSPS) is 21.6. The molecule has 4 rings (SSSR count). The highest BCUT2D eigenvalue weighted by atomic mass is 16.5. The standard InChI is InChI=1S/C26H33NO3/c1-29-19-23-10-6-16-27(23)15-5-9-21-11-12-22-17-24(13-14-25(22)26(21)28)30-18-20-7-3-2-4-8-20/h2-4,7-8,13-14,17,21,23H,5-6,9-12,15-16,18-19H2,1H3/t21?,23-/m1/s1. The molecule has 0 radical (unpaired) electrons. The monoisotopic (exact) mass is 407 g/mol. The number of ether oxygens (including phenoxy) is 2. The van der Waals surface area contributed by atoms with Crippen molar-refractivity contribution in [1.82, 2.24) is 4.90 Å². The van der Waals surface area contributed by atoms with E-state index in [1.165, 1.54) is 19.4 Å². The summed E-state index contributed by atoms with van der Waals surface area (Å²) in [5, 5.41) is 0. The Kier molecular flexibility index (Phi) is 7.19. The molecule has 0 bridgehead atoms. The predicted octanol–water partition coefficient (Wildman–Crippen LogP) is 4.90. The SMILES string of the molecule is COC[C@H]1CCCN1CCCC1CCc2cc(OCc3ccccc3)ccc2C1=O. The molecule has 1 aliphatic heterocycles. The van der Waals surface area contributed by atoms with Gasteiger partial charge in [-0.2, -0.15) is 0 Å². The second kappa shape index (κ2) is 10.2. The summed E-state index contributed by atoms with van der Waals surface area (Å²) in [6, 6.07) is 16.7. The quantitative estimate of drug-likeness (QED) is 0.593. The average Bonchev–Trinajstić information content (AvgIpc) is 3.22. The van der Waals surface area contributed by atoms with E-state index in [4.69, 9.17) is 9.47 Å². The highest BCUT2D eigenvalue weighted by Gasteiger charge is 2.28. The van der Waals surface area contributed by atoms with Crippen LogP contribution in [0, 0.1) is 5.92 Å². The first-order valence-corrected chi connectivity index (χ1v) is 11.3. The van der Waals surface area contributed by atoms with Crippen molar-refractivity contribution in [2.24, 2.45) is 5.92 Å². The fourth-order valence-electron chi connectivity index (χ4n) is 4.92. The lowest BCUT2D eigenvalue weighted by Crippen LogP contribution is -2.34. The number of nitrogens with zero attached hydrogens (tertiary/aromatic N) is 1. The molecule has 0 aromatic heterocycles. The lowest BCUT2D eigenvalue weighted by Gasteiger charge is -2.26. The van der Waals surface area contributed by atoms with Crippen molar-refractivity contribution in [3.05, 3.63) is 65.2 Å². The van der Waals surface area contributed by atoms with E-state index in [0.717, 1.165) is 61.3 Å². The van der Waals surface area contributed by atoms with Gasteiger partial charge in [-0.15, -0.1) is 0 Å². The molecule has 4 nitrogen and oxygen atoms in total. The molecule has 1 unspecified atom stereocenters. The Bertz CT molecular complexity index is 835. The molecule has 0 amide bonds. The highest BCUT2D eigenvalue weighted by molar-refractivity contribution is 6.00. The Morgan fingerprint density at radius 3 is 2.80 bits per heavy atom. The Morgan fingerprint density at radius 1 is 1.10 bits per heavy atom. The van der Waals surface area contributed by atoms with Crippen LogP contribution in [0.2, 0.25) is 0 Å². The van der Waals surface area contributed by atoms with Crippen LogP contribution in [0.15, 0.2) is 48.5 Å². The number of carbonyl (C=O) groups is 1. The molecule has 1 fully saturated rings. The number of hydrogen-bond acceptors (Lipinski definition) is 4. The zero-order valence-electron chi connectivity index (χ0n) is 18.0. The number of rotatable bonds is 9. The molecule has 160 valence electrons. The number of ketones is 1. The maximum atomic E-state index is 13.0. The van der Waals surface area contributed by atoms with Crippen molar-refractivity contribution in [2.45, 2.75) is 51.2 Å². The summed E-state index contributed by atoms with van der Waals surface area (Å²) in [5.74, 6) is 1.33. The largest absolute Gasteiger partial charge is 0.489 e. The predicted molar refractivity (Wildman–Crippen MR) is 119 cm³/mol. The summed E-state index contributed by atoms with van der Waals surface area (Å²) < 4.78 is 11.3. The first-order chi connectivity index (χ1) is 14.7. The van der Waals surface area contributed by atoms with Gasteiger partial charge in [-0.25, -0.2) is 0 Å². The third kappa shape index (κ3) is 5.11. The van der Waals surface area contributed by atoms with Crippen LogP contribution < -0.4 is 4.74 Å². The summed E-state index contributed by atoms with van der Waals surface area (Å²) in [7, 11) is 1.78. The van der Waals surface area contributed by atoms with E-state index in [-0.39, 0.29) is 5.92 Å². The van der Waals surface area contributed by atoms with Crippen LogP contribution in [-0.4, -0.2) is 43.5 Å². The Hall–Kier alpha value is -2.17. The van der Waals surface area contributed by atoms with Crippen LogP contribution >= 0.6 is 0 Å². The van der Waals surface area contributed by atoms with Gasteiger partial charge in [-0.3, -0.25) is 9.69 Å². The number of aryl methyl sites for hydroxylation is 1. The number of Topliss-reactive ketones (excluding diaryl/α,β-unsaturated/α-hetero) is 1. The Balaban J connectivity index is 1.29. The van der Waals surface area contributed by atoms with E-state index < -0.39 is 0 Å². The van der Waals surface area contributed by atoms with Gasteiger partial charge in [0.2, 0.25) is 0 Å². The van der Waals surface area contributed by atoms with Gasteiger partial charge in [-0.05, 0) is 80.9 Å². The maximum Gasteiger partial charge on any atom is 0.166 e. The molecule has 0 spiro atoms. The van der Waals surface area contributed by atoms with E-state index in [9.17, 15) is 4.79 Å². The first-order valence-electron chi connectivity index (χ1n) is 11.3. The molecule has 2 aromatic rings. The Morgan fingerprint density at radius 2 is 1.97 bits per heavy atom. The summed E-state index contributed by atoms with van der Waals surface area (Å²) in [6.07, 6.45) is 6.49. The lowest BCUT2D eigenvalue weighted by atomic mass is 9.80. The number of benzene rings is 2. The van der Waals surface area contributed by atoms with Crippen molar-refractivity contribution >= 4 is 5.78 Å². The van der Waals surface area contributed by atoms with Gasteiger partial charge in [0.15, 0.2) is 5.78 Å². The van der Waals surface area contributed by atoms with Gasteiger partial charge in [0, 0.05) is 24.6 Å². The lowest BCUT2D eigenvalue weighted by molar-refractivity contribution is 0.0880.